The molecule has 18 heavy (non-hydrogen) atoms. The summed E-state index contributed by atoms with van der Waals surface area (Å²) in [6, 6.07) is 3.65. The lowest BCUT2D eigenvalue weighted by Gasteiger charge is -2.29. The van der Waals surface area contributed by atoms with E-state index < -0.39 is 15.8 Å². The largest absolute Gasteiger partial charge is 0.328 e. The van der Waals surface area contributed by atoms with Crippen LogP contribution in [0.3, 0.4) is 0 Å². The highest BCUT2D eigenvalue weighted by Gasteiger charge is 2.29. The highest BCUT2D eigenvalue weighted by atomic mass is 79.9. The van der Waals surface area contributed by atoms with E-state index in [-0.39, 0.29) is 15.4 Å². The molecule has 7 heteroatoms. The lowest BCUT2D eigenvalue weighted by atomic mass is 10.1. The molecule has 1 heterocycles. The molecule has 1 fully saturated rings. The Hall–Kier alpha value is -0.500. The van der Waals surface area contributed by atoms with E-state index in [1.54, 1.807) is 0 Å². The van der Waals surface area contributed by atoms with Crippen LogP contribution in [-0.2, 0) is 10.0 Å². The Morgan fingerprint density at radius 3 is 2.50 bits per heavy atom. The maximum absolute atomic E-state index is 13.0. The van der Waals surface area contributed by atoms with Crippen LogP contribution < -0.4 is 5.73 Å². The molecule has 1 aromatic rings. The molecule has 0 spiro atoms. The molecule has 1 saturated heterocycles. The number of rotatable bonds is 2. The van der Waals surface area contributed by atoms with Gasteiger partial charge in [0.2, 0.25) is 10.0 Å². The summed E-state index contributed by atoms with van der Waals surface area (Å²) in [4.78, 5) is 0.0966. The Labute approximate surface area is 114 Å². The van der Waals surface area contributed by atoms with Gasteiger partial charge in [-0.15, -0.1) is 0 Å². The molecule has 0 amide bonds. The number of hydrogen-bond acceptors (Lipinski definition) is 3. The number of nitrogens with zero attached hydrogens (tertiary/aromatic N) is 1. The van der Waals surface area contributed by atoms with Crippen molar-refractivity contribution < 1.29 is 12.8 Å². The molecule has 100 valence electrons. The summed E-state index contributed by atoms with van der Waals surface area (Å²) in [6.07, 6.45) is 1.30. The predicted octanol–water partition coefficient (Wildman–Crippen LogP) is 1.70. The van der Waals surface area contributed by atoms with Gasteiger partial charge in [0.25, 0.3) is 0 Å². The van der Waals surface area contributed by atoms with Gasteiger partial charge in [-0.05, 0) is 47.0 Å². The molecule has 0 atom stereocenters. The lowest BCUT2D eigenvalue weighted by Crippen LogP contribution is -2.42. The summed E-state index contributed by atoms with van der Waals surface area (Å²) >= 11 is 3.09. The summed E-state index contributed by atoms with van der Waals surface area (Å²) in [5.41, 5.74) is 5.75. The van der Waals surface area contributed by atoms with Gasteiger partial charge >= 0.3 is 0 Å². The normalized spacial score (nSPS) is 19.1. The predicted molar refractivity (Wildman–Crippen MR) is 70.1 cm³/mol. The third-order valence-corrected chi connectivity index (χ3v) is 5.89. The van der Waals surface area contributed by atoms with Gasteiger partial charge in [-0.3, -0.25) is 0 Å². The van der Waals surface area contributed by atoms with Gasteiger partial charge in [-0.1, -0.05) is 0 Å². The minimum absolute atomic E-state index is 0.0631. The maximum atomic E-state index is 13.0. The maximum Gasteiger partial charge on any atom is 0.244 e. The molecule has 1 aromatic carbocycles. The zero-order chi connectivity index (χ0) is 13.3. The van der Waals surface area contributed by atoms with Crippen molar-refractivity contribution in [3.63, 3.8) is 0 Å². The zero-order valence-corrected chi connectivity index (χ0v) is 12.0. The third kappa shape index (κ3) is 2.74. The second-order valence-corrected chi connectivity index (χ2v) is 7.08. The van der Waals surface area contributed by atoms with Crippen molar-refractivity contribution in [3.05, 3.63) is 28.5 Å². The molecular weight excluding hydrogens is 323 g/mol. The van der Waals surface area contributed by atoms with Crippen LogP contribution in [0.5, 0.6) is 0 Å². The van der Waals surface area contributed by atoms with E-state index in [4.69, 9.17) is 5.73 Å². The molecule has 0 aliphatic carbocycles. The van der Waals surface area contributed by atoms with Crippen LogP contribution in [0.4, 0.5) is 4.39 Å². The number of benzene rings is 1. The Morgan fingerprint density at radius 1 is 1.33 bits per heavy atom. The van der Waals surface area contributed by atoms with Gasteiger partial charge in [0, 0.05) is 23.6 Å². The highest BCUT2D eigenvalue weighted by Crippen LogP contribution is 2.27. The quantitative estimate of drug-likeness (QED) is 0.893. The monoisotopic (exact) mass is 336 g/mol. The minimum Gasteiger partial charge on any atom is -0.328 e. The molecule has 0 saturated carbocycles. The summed E-state index contributed by atoms with van der Waals surface area (Å²) in [5, 5.41) is 0. The Bertz CT molecular complexity index is 542. The number of nitrogens with two attached hydrogens (primary N) is 1. The SMILES string of the molecule is NC1CCN(S(=O)(=O)c2ccc(F)cc2Br)CC1. The standard InChI is InChI=1S/C11H14BrFN2O2S/c12-10-7-8(13)1-2-11(10)18(16,17)15-5-3-9(14)4-6-15/h1-2,7,9H,3-6,14H2. The molecule has 2 rings (SSSR count). The van der Waals surface area contributed by atoms with Crippen molar-refractivity contribution >= 4 is 26.0 Å². The average molecular weight is 337 g/mol. The topological polar surface area (TPSA) is 63.4 Å². The summed E-state index contributed by atoms with van der Waals surface area (Å²) in [6.45, 7) is 0.820. The van der Waals surface area contributed by atoms with Crippen LogP contribution in [0.2, 0.25) is 0 Å². The molecule has 0 radical (unpaired) electrons. The molecular formula is C11H14BrFN2O2S. The minimum atomic E-state index is -3.57. The first-order valence-corrected chi connectivity index (χ1v) is 7.85. The van der Waals surface area contributed by atoms with Crippen molar-refractivity contribution in [1.29, 1.82) is 0 Å². The zero-order valence-electron chi connectivity index (χ0n) is 9.64. The second kappa shape index (κ2) is 5.24. The van der Waals surface area contributed by atoms with Gasteiger partial charge in [0.1, 0.15) is 5.82 Å². The van der Waals surface area contributed by atoms with Crippen molar-refractivity contribution in [2.24, 2.45) is 5.73 Å². The molecule has 1 aliphatic rings. The lowest BCUT2D eigenvalue weighted by molar-refractivity contribution is 0.320. The van der Waals surface area contributed by atoms with Crippen LogP contribution >= 0.6 is 15.9 Å². The van der Waals surface area contributed by atoms with Gasteiger partial charge < -0.3 is 5.73 Å². The fraction of sp³-hybridized carbons (Fsp3) is 0.455. The molecule has 0 unspecified atom stereocenters. The van der Waals surface area contributed by atoms with E-state index in [2.05, 4.69) is 15.9 Å². The van der Waals surface area contributed by atoms with Gasteiger partial charge in [-0.25, -0.2) is 12.8 Å². The van der Waals surface area contributed by atoms with E-state index in [0.717, 1.165) is 12.1 Å². The van der Waals surface area contributed by atoms with Crippen LogP contribution in [0.15, 0.2) is 27.6 Å². The molecule has 4 nitrogen and oxygen atoms in total. The second-order valence-electron chi connectivity index (χ2n) is 4.32. The summed E-state index contributed by atoms with van der Waals surface area (Å²) < 4.78 is 39.3. The first kappa shape index (κ1) is 13.9. The number of sulfonamides is 1. The molecule has 2 N–H and O–H groups in total. The van der Waals surface area contributed by atoms with E-state index >= 15 is 0 Å². The smallest absolute Gasteiger partial charge is 0.244 e. The van der Waals surface area contributed by atoms with Crippen LogP contribution in [0.25, 0.3) is 0 Å². The Morgan fingerprint density at radius 2 is 1.94 bits per heavy atom. The van der Waals surface area contributed by atoms with Crippen molar-refractivity contribution in [2.75, 3.05) is 13.1 Å². The molecule has 0 aromatic heterocycles. The van der Waals surface area contributed by atoms with Gasteiger partial charge in [0.15, 0.2) is 0 Å². The fourth-order valence-corrected chi connectivity index (χ4v) is 4.42. The Kier molecular flexibility index (Phi) is 4.05. The van der Waals surface area contributed by atoms with E-state index in [1.165, 1.54) is 10.4 Å². The summed E-state index contributed by atoms with van der Waals surface area (Å²) in [5.74, 6) is -0.471. The first-order chi connectivity index (χ1) is 8.41. The highest BCUT2D eigenvalue weighted by molar-refractivity contribution is 9.10. The van der Waals surface area contributed by atoms with Crippen LogP contribution in [0, 0.1) is 5.82 Å². The first-order valence-electron chi connectivity index (χ1n) is 5.62. The van der Waals surface area contributed by atoms with Crippen molar-refractivity contribution in [2.45, 2.75) is 23.8 Å². The summed E-state index contributed by atoms with van der Waals surface area (Å²) in [7, 11) is -3.57. The third-order valence-electron chi connectivity index (χ3n) is 3.01. The Balaban J connectivity index is 2.30. The van der Waals surface area contributed by atoms with Crippen molar-refractivity contribution in [3.8, 4) is 0 Å². The molecule has 1 aliphatic heterocycles. The number of hydrogen-bond donors (Lipinski definition) is 1. The number of piperidine rings is 1. The van der Waals surface area contributed by atoms with E-state index in [1.807, 2.05) is 0 Å². The fourth-order valence-electron chi connectivity index (χ4n) is 1.94. The van der Waals surface area contributed by atoms with Crippen LogP contribution in [0.1, 0.15) is 12.8 Å². The van der Waals surface area contributed by atoms with Gasteiger partial charge in [0.05, 0.1) is 4.90 Å². The molecule has 0 bridgehead atoms. The van der Waals surface area contributed by atoms with E-state index in [0.29, 0.717) is 25.9 Å². The van der Waals surface area contributed by atoms with Gasteiger partial charge in [-0.2, -0.15) is 4.31 Å². The number of halogens is 2. The van der Waals surface area contributed by atoms with E-state index in [9.17, 15) is 12.8 Å². The van der Waals surface area contributed by atoms with Crippen LogP contribution in [-0.4, -0.2) is 31.9 Å². The van der Waals surface area contributed by atoms with Crippen molar-refractivity contribution in [1.82, 2.24) is 4.31 Å². The average Bonchev–Trinajstić information content (AvgIpc) is 2.29.